The van der Waals surface area contributed by atoms with E-state index in [0.29, 0.717) is 3.79 Å². The molecule has 0 aliphatic carbocycles. The molecule has 9 heteroatoms. The Kier molecular flexibility index (Phi) is 3.60. The summed E-state index contributed by atoms with van der Waals surface area (Å²) in [5.74, 6) is 0. The van der Waals surface area contributed by atoms with Gasteiger partial charge in [0.05, 0.1) is 9.98 Å². The first kappa shape index (κ1) is 12.9. The summed E-state index contributed by atoms with van der Waals surface area (Å²) in [7, 11) is -3.85. The Balaban J connectivity index is 2.40. The maximum atomic E-state index is 12.0. The van der Waals surface area contributed by atoms with Crippen LogP contribution < -0.4 is 4.72 Å². The number of thiazole rings is 1. The van der Waals surface area contributed by atoms with Crippen LogP contribution in [0, 0.1) is 11.3 Å². The number of halogens is 1. The molecule has 2 rings (SSSR count). The number of nitrogens with zero attached hydrogens (tertiary/aromatic N) is 3. The zero-order valence-corrected chi connectivity index (χ0v) is 11.9. The standard InChI is InChI=1S/C9H5BrN4O2S2/c10-8-5-13-9(17-8)14-18(15,16)7-2-1-3-12-6(7)4-11/h1-3,5H,(H,13,14). The molecule has 0 unspecified atom stereocenters. The van der Waals surface area contributed by atoms with E-state index in [1.54, 1.807) is 6.07 Å². The fourth-order valence-corrected chi connectivity index (χ4v) is 3.62. The van der Waals surface area contributed by atoms with E-state index in [-0.39, 0.29) is 15.7 Å². The van der Waals surface area contributed by atoms with E-state index in [1.165, 1.54) is 24.5 Å². The van der Waals surface area contributed by atoms with E-state index < -0.39 is 10.0 Å². The summed E-state index contributed by atoms with van der Waals surface area (Å²) >= 11 is 4.32. The minimum Gasteiger partial charge on any atom is -0.255 e. The first-order chi connectivity index (χ1) is 8.53. The zero-order valence-electron chi connectivity index (χ0n) is 8.66. The molecule has 0 aliphatic rings. The highest BCUT2D eigenvalue weighted by molar-refractivity contribution is 9.11. The topological polar surface area (TPSA) is 95.7 Å². The molecule has 0 fully saturated rings. The Hall–Kier alpha value is -1.50. The number of sulfonamides is 1. The molecule has 0 saturated heterocycles. The lowest BCUT2D eigenvalue weighted by Gasteiger charge is -2.05. The maximum Gasteiger partial charge on any atom is 0.266 e. The van der Waals surface area contributed by atoms with Crippen LogP contribution in [-0.4, -0.2) is 18.4 Å². The van der Waals surface area contributed by atoms with Gasteiger partial charge in [-0.2, -0.15) is 5.26 Å². The summed E-state index contributed by atoms with van der Waals surface area (Å²) in [5.41, 5.74) is -0.152. The van der Waals surface area contributed by atoms with Gasteiger partial charge >= 0.3 is 0 Å². The molecule has 2 aromatic rings. The van der Waals surface area contributed by atoms with Crippen LogP contribution in [0.25, 0.3) is 0 Å². The number of nitriles is 1. The van der Waals surface area contributed by atoms with E-state index in [9.17, 15) is 8.42 Å². The number of rotatable bonds is 3. The van der Waals surface area contributed by atoms with Gasteiger partial charge < -0.3 is 0 Å². The highest BCUT2D eigenvalue weighted by Gasteiger charge is 2.20. The highest BCUT2D eigenvalue weighted by atomic mass is 79.9. The second kappa shape index (κ2) is 5.01. The molecule has 0 radical (unpaired) electrons. The molecule has 0 saturated carbocycles. The van der Waals surface area contributed by atoms with Gasteiger partial charge in [0.25, 0.3) is 10.0 Å². The largest absolute Gasteiger partial charge is 0.266 e. The number of hydrogen-bond donors (Lipinski definition) is 1. The SMILES string of the molecule is N#Cc1ncccc1S(=O)(=O)Nc1ncc(Br)s1. The van der Waals surface area contributed by atoms with E-state index in [0.717, 1.165) is 11.3 Å². The highest BCUT2D eigenvalue weighted by Crippen LogP contribution is 2.25. The number of nitrogens with one attached hydrogen (secondary N) is 1. The van der Waals surface area contributed by atoms with Crippen molar-refractivity contribution in [3.63, 3.8) is 0 Å². The van der Waals surface area contributed by atoms with Crippen LogP contribution >= 0.6 is 27.3 Å². The quantitative estimate of drug-likeness (QED) is 0.918. The molecule has 0 aromatic carbocycles. The Morgan fingerprint density at radius 3 is 2.83 bits per heavy atom. The van der Waals surface area contributed by atoms with Gasteiger partial charge in [0.2, 0.25) is 0 Å². The van der Waals surface area contributed by atoms with Crippen LogP contribution in [0.3, 0.4) is 0 Å². The molecule has 0 aliphatic heterocycles. The zero-order chi connectivity index (χ0) is 13.2. The normalized spacial score (nSPS) is 10.9. The van der Waals surface area contributed by atoms with Gasteiger partial charge in [0.15, 0.2) is 10.8 Å². The fraction of sp³-hybridized carbons (Fsp3) is 0. The molecule has 92 valence electrons. The lowest BCUT2D eigenvalue weighted by Crippen LogP contribution is -2.14. The van der Waals surface area contributed by atoms with Crippen molar-refractivity contribution in [3.8, 4) is 6.07 Å². The van der Waals surface area contributed by atoms with Crippen molar-refractivity contribution in [3.05, 3.63) is 34.0 Å². The van der Waals surface area contributed by atoms with E-state index in [2.05, 4.69) is 30.6 Å². The minimum atomic E-state index is -3.85. The molecule has 0 bridgehead atoms. The van der Waals surface area contributed by atoms with Crippen molar-refractivity contribution in [1.29, 1.82) is 5.26 Å². The number of aromatic nitrogens is 2. The molecule has 0 amide bonds. The van der Waals surface area contributed by atoms with Gasteiger partial charge in [-0.05, 0) is 28.1 Å². The van der Waals surface area contributed by atoms with Gasteiger partial charge in [0.1, 0.15) is 11.0 Å². The summed E-state index contributed by atoms with van der Waals surface area (Å²) in [5, 5.41) is 9.04. The van der Waals surface area contributed by atoms with Crippen LogP contribution in [0.5, 0.6) is 0 Å². The smallest absolute Gasteiger partial charge is 0.255 e. The van der Waals surface area contributed by atoms with Crippen molar-refractivity contribution < 1.29 is 8.42 Å². The third-order valence-corrected chi connectivity index (χ3v) is 4.76. The summed E-state index contributed by atoms with van der Waals surface area (Å²) in [6.07, 6.45) is 2.84. The van der Waals surface area contributed by atoms with Gasteiger partial charge in [-0.3, -0.25) is 4.72 Å². The minimum absolute atomic E-state index is 0.152. The molecule has 18 heavy (non-hydrogen) atoms. The molecule has 1 N–H and O–H groups in total. The summed E-state index contributed by atoms with van der Waals surface area (Å²) < 4.78 is 27.1. The first-order valence-electron chi connectivity index (χ1n) is 4.52. The van der Waals surface area contributed by atoms with Crippen molar-refractivity contribution in [2.45, 2.75) is 4.90 Å². The van der Waals surface area contributed by atoms with Crippen LogP contribution in [0.2, 0.25) is 0 Å². The molecule has 0 atom stereocenters. The summed E-state index contributed by atoms with van der Waals surface area (Å²) in [6, 6.07) is 4.50. The summed E-state index contributed by atoms with van der Waals surface area (Å²) in [6.45, 7) is 0. The maximum absolute atomic E-state index is 12.0. The second-order valence-corrected chi connectivity index (χ2v) is 7.10. The van der Waals surface area contributed by atoms with Crippen LogP contribution in [-0.2, 0) is 10.0 Å². The third-order valence-electron chi connectivity index (χ3n) is 1.87. The molecular weight excluding hydrogens is 340 g/mol. The van der Waals surface area contributed by atoms with Crippen LogP contribution in [0.1, 0.15) is 5.69 Å². The van der Waals surface area contributed by atoms with Gasteiger partial charge in [-0.1, -0.05) is 11.3 Å². The van der Waals surface area contributed by atoms with E-state index in [4.69, 9.17) is 5.26 Å². The Morgan fingerprint density at radius 1 is 1.44 bits per heavy atom. The van der Waals surface area contributed by atoms with Crippen molar-refractivity contribution in [2.24, 2.45) is 0 Å². The molecular formula is C9H5BrN4O2S2. The predicted octanol–water partition coefficient (Wildman–Crippen LogP) is 1.97. The summed E-state index contributed by atoms with van der Waals surface area (Å²) in [4.78, 5) is 7.40. The van der Waals surface area contributed by atoms with E-state index in [1.807, 2.05) is 0 Å². The average molecular weight is 345 g/mol. The number of anilines is 1. The molecule has 0 spiro atoms. The lowest BCUT2D eigenvalue weighted by atomic mass is 10.4. The number of hydrogen-bond acceptors (Lipinski definition) is 6. The number of pyridine rings is 1. The predicted molar refractivity (Wildman–Crippen MR) is 69.6 cm³/mol. The van der Waals surface area contributed by atoms with Crippen molar-refractivity contribution in [2.75, 3.05) is 4.72 Å². The molecule has 2 aromatic heterocycles. The van der Waals surface area contributed by atoms with Crippen LogP contribution in [0.15, 0.2) is 33.2 Å². The molecule has 6 nitrogen and oxygen atoms in total. The first-order valence-corrected chi connectivity index (χ1v) is 7.61. The fourth-order valence-electron chi connectivity index (χ4n) is 1.16. The average Bonchev–Trinajstić information content (AvgIpc) is 2.74. The van der Waals surface area contributed by atoms with Gasteiger partial charge in [-0.15, -0.1) is 0 Å². The van der Waals surface area contributed by atoms with Gasteiger partial charge in [0, 0.05) is 6.20 Å². The second-order valence-electron chi connectivity index (χ2n) is 3.04. The van der Waals surface area contributed by atoms with Crippen molar-refractivity contribution >= 4 is 42.4 Å². The molecule has 2 heterocycles. The Bertz CT molecular complexity index is 720. The third kappa shape index (κ3) is 2.66. The Morgan fingerprint density at radius 2 is 2.22 bits per heavy atom. The van der Waals surface area contributed by atoms with Gasteiger partial charge in [-0.25, -0.2) is 18.4 Å². The van der Waals surface area contributed by atoms with E-state index >= 15 is 0 Å². The van der Waals surface area contributed by atoms with Crippen molar-refractivity contribution in [1.82, 2.24) is 9.97 Å². The lowest BCUT2D eigenvalue weighted by molar-refractivity contribution is 0.600. The monoisotopic (exact) mass is 344 g/mol. The van der Waals surface area contributed by atoms with Crippen LogP contribution in [0.4, 0.5) is 5.13 Å². The Labute approximate surface area is 116 Å².